The van der Waals surface area contributed by atoms with E-state index < -0.39 is 29.8 Å². The molecule has 0 unspecified atom stereocenters. The number of nitrogens with zero attached hydrogens (tertiary/aromatic N) is 2. The molecule has 2 rings (SSSR count). The number of amides is 1. The SMILES string of the molecule is CCN(CC)c1cccc(O[C@@H]2C[C@H](C(=O)O)N(C(=O)OC(C)(C)C)C2)c1. The molecule has 0 bridgehead atoms. The van der Waals surface area contributed by atoms with Crippen molar-refractivity contribution in [2.45, 2.75) is 58.8 Å². The summed E-state index contributed by atoms with van der Waals surface area (Å²) in [6.45, 7) is 11.4. The van der Waals surface area contributed by atoms with Crippen molar-refractivity contribution in [1.29, 1.82) is 0 Å². The zero-order chi connectivity index (χ0) is 20.2. The summed E-state index contributed by atoms with van der Waals surface area (Å²) < 4.78 is 11.3. The molecule has 27 heavy (non-hydrogen) atoms. The number of aliphatic carboxylic acids is 1. The van der Waals surface area contributed by atoms with E-state index in [1.165, 1.54) is 4.90 Å². The van der Waals surface area contributed by atoms with Gasteiger partial charge in [-0.15, -0.1) is 0 Å². The van der Waals surface area contributed by atoms with Crippen LogP contribution in [0.15, 0.2) is 24.3 Å². The number of carboxylic acid groups (broad SMARTS) is 1. The fourth-order valence-electron chi connectivity index (χ4n) is 3.17. The molecule has 150 valence electrons. The largest absolute Gasteiger partial charge is 0.488 e. The monoisotopic (exact) mass is 378 g/mol. The second-order valence-electron chi connectivity index (χ2n) is 7.63. The maximum absolute atomic E-state index is 12.4. The van der Waals surface area contributed by atoms with Crippen LogP contribution in [-0.2, 0) is 9.53 Å². The molecule has 1 aliphatic heterocycles. The van der Waals surface area contributed by atoms with Crippen LogP contribution in [0.5, 0.6) is 5.75 Å². The number of likely N-dealkylation sites (tertiary alicyclic amines) is 1. The van der Waals surface area contributed by atoms with Crippen molar-refractivity contribution < 1.29 is 24.2 Å². The summed E-state index contributed by atoms with van der Waals surface area (Å²) in [5.74, 6) is -0.386. The third-order valence-electron chi connectivity index (χ3n) is 4.42. The molecule has 1 saturated heterocycles. The fraction of sp³-hybridized carbons (Fsp3) is 0.600. The first kappa shape index (κ1) is 20.9. The van der Waals surface area contributed by atoms with Gasteiger partial charge in [0.1, 0.15) is 23.5 Å². The molecule has 2 atom stereocenters. The Balaban J connectivity index is 2.11. The quantitative estimate of drug-likeness (QED) is 0.818. The second-order valence-corrected chi connectivity index (χ2v) is 7.63. The first-order chi connectivity index (χ1) is 12.6. The molecule has 0 radical (unpaired) electrons. The minimum Gasteiger partial charge on any atom is -0.488 e. The van der Waals surface area contributed by atoms with Gasteiger partial charge in [-0.3, -0.25) is 4.90 Å². The van der Waals surface area contributed by atoms with E-state index in [9.17, 15) is 14.7 Å². The molecule has 0 aromatic heterocycles. The summed E-state index contributed by atoms with van der Waals surface area (Å²) >= 11 is 0. The third-order valence-corrected chi connectivity index (χ3v) is 4.42. The van der Waals surface area contributed by atoms with E-state index in [4.69, 9.17) is 9.47 Å². The number of hydrogen-bond donors (Lipinski definition) is 1. The van der Waals surface area contributed by atoms with E-state index >= 15 is 0 Å². The lowest BCUT2D eigenvalue weighted by Gasteiger charge is -2.26. The summed E-state index contributed by atoms with van der Waals surface area (Å²) in [4.78, 5) is 27.4. The zero-order valence-electron chi connectivity index (χ0n) is 16.8. The van der Waals surface area contributed by atoms with E-state index in [0.717, 1.165) is 18.8 Å². The number of hydrogen-bond acceptors (Lipinski definition) is 5. The third kappa shape index (κ3) is 5.52. The fourth-order valence-corrected chi connectivity index (χ4v) is 3.17. The van der Waals surface area contributed by atoms with E-state index in [1.54, 1.807) is 20.8 Å². The van der Waals surface area contributed by atoms with Crippen LogP contribution in [0.3, 0.4) is 0 Å². The lowest BCUT2D eigenvalue weighted by molar-refractivity contribution is -0.142. The molecule has 1 aromatic carbocycles. The van der Waals surface area contributed by atoms with Crippen LogP contribution in [-0.4, -0.2) is 59.5 Å². The minimum absolute atomic E-state index is 0.182. The summed E-state index contributed by atoms with van der Waals surface area (Å²) in [5.41, 5.74) is 0.367. The predicted molar refractivity (Wildman–Crippen MR) is 103 cm³/mol. The van der Waals surface area contributed by atoms with Crippen molar-refractivity contribution in [2.24, 2.45) is 0 Å². The summed E-state index contributed by atoms with van der Waals surface area (Å²) in [6.07, 6.45) is -0.798. The molecule has 1 aliphatic rings. The van der Waals surface area contributed by atoms with Gasteiger partial charge in [0, 0.05) is 31.3 Å². The molecule has 1 amide bonds. The van der Waals surface area contributed by atoms with Crippen LogP contribution in [0.4, 0.5) is 10.5 Å². The molecule has 1 fully saturated rings. The maximum Gasteiger partial charge on any atom is 0.411 e. The smallest absolute Gasteiger partial charge is 0.411 e. The van der Waals surface area contributed by atoms with Crippen LogP contribution < -0.4 is 9.64 Å². The highest BCUT2D eigenvalue weighted by molar-refractivity contribution is 5.81. The van der Waals surface area contributed by atoms with Crippen LogP contribution >= 0.6 is 0 Å². The summed E-state index contributed by atoms with van der Waals surface area (Å²) in [6, 6.07) is 6.77. The number of carbonyl (C=O) groups is 2. The molecule has 1 heterocycles. The molecular formula is C20H30N2O5. The molecule has 0 aliphatic carbocycles. The van der Waals surface area contributed by atoms with Gasteiger partial charge in [-0.1, -0.05) is 6.07 Å². The normalized spacial score (nSPS) is 19.7. The Hall–Kier alpha value is -2.44. The van der Waals surface area contributed by atoms with Gasteiger partial charge in [-0.05, 0) is 46.8 Å². The Morgan fingerprint density at radius 3 is 2.48 bits per heavy atom. The molecule has 0 spiro atoms. The number of carboxylic acids is 1. The Bertz CT molecular complexity index is 667. The van der Waals surface area contributed by atoms with Gasteiger partial charge < -0.3 is 19.5 Å². The average molecular weight is 378 g/mol. The van der Waals surface area contributed by atoms with Gasteiger partial charge in [0.15, 0.2) is 0 Å². The first-order valence-corrected chi connectivity index (χ1v) is 9.38. The Labute approximate surface area is 160 Å². The van der Waals surface area contributed by atoms with Crippen LogP contribution in [0.1, 0.15) is 41.0 Å². The van der Waals surface area contributed by atoms with Crippen molar-refractivity contribution in [3.8, 4) is 5.75 Å². The van der Waals surface area contributed by atoms with E-state index in [-0.39, 0.29) is 13.0 Å². The lowest BCUT2D eigenvalue weighted by Crippen LogP contribution is -2.43. The van der Waals surface area contributed by atoms with Gasteiger partial charge >= 0.3 is 12.1 Å². The molecule has 0 saturated carbocycles. The number of anilines is 1. The topological polar surface area (TPSA) is 79.3 Å². The summed E-state index contributed by atoms with van der Waals surface area (Å²) in [7, 11) is 0. The number of ether oxygens (including phenoxy) is 2. The highest BCUT2D eigenvalue weighted by Crippen LogP contribution is 2.27. The Kier molecular flexibility index (Phi) is 6.57. The standard InChI is InChI=1S/C20H30N2O5/c1-6-21(7-2)14-9-8-10-15(11-14)26-16-12-17(18(23)24)22(13-16)19(25)27-20(3,4)5/h8-11,16-17H,6-7,12-13H2,1-5H3,(H,23,24)/t16-,17-/m1/s1. The lowest BCUT2D eigenvalue weighted by atomic mass is 10.2. The number of carbonyl (C=O) groups excluding carboxylic acids is 1. The maximum atomic E-state index is 12.4. The zero-order valence-corrected chi connectivity index (χ0v) is 16.8. The van der Waals surface area contributed by atoms with E-state index in [2.05, 4.69) is 18.7 Å². The van der Waals surface area contributed by atoms with Crippen molar-refractivity contribution in [3.05, 3.63) is 24.3 Å². The Morgan fingerprint density at radius 2 is 1.93 bits per heavy atom. The molecular weight excluding hydrogens is 348 g/mol. The minimum atomic E-state index is -1.05. The number of benzene rings is 1. The van der Waals surface area contributed by atoms with Crippen molar-refractivity contribution >= 4 is 17.7 Å². The molecule has 7 heteroatoms. The molecule has 1 aromatic rings. The van der Waals surface area contributed by atoms with Gasteiger partial charge in [0.25, 0.3) is 0 Å². The van der Waals surface area contributed by atoms with Crippen LogP contribution in [0.2, 0.25) is 0 Å². The second kappa shape index (κ2) is 8.50. The van der Waals surface area contributed by atoms with Crippen molar-refractivity contribution in [2.75, 3.05) is 24.5 Å². The van der Waals surface area contributed by atoms with Gasteiger partial charge in [-0.25, -0.2) is 9.59 Å². The van der Waals surface area contributed by atoms with Crippen molar-refractivity contribution in [3.63, 3.8) is 0 Å². The van der Waals surface area contributed by atoms with Crippen LogP contribution in [0.25, 0.3) is 0 Å². The first-order valence-electron chi connectivity index (χ1n) is 9.38. The van der Waals surface area contributed by atoms with Gasteiger partial charge in [0.05, 0.1) is 6.54 Å². The average Bonchev–Trinajstić information content (AvgIpc) is 2.99. The highest BCUT2D eigenvalue weighted by atomic mass is 16.6. The summed E-state index contributed by atoms with van der Waals surface area (Å²) in [5, 5.41) is 9.48. The Morgan fingerprint density at radius 1 is 1.26 bits per heavy atom. The van der Waals surface area contributed by atoms with Gasteiger partial charge in [-0.2, -0.15) is 0 Å². The van der Waals surface area contributed by atoms with E-state index in [0.29, 0.717) is 5.75 Å². The van der Waals surface area contributed by atoms with E-state index in [1.807, 2.05) is 24.3 Å². The van der Waals surface area contributed by atoms with Gasteiger partial charge in [0.2, 0.25) is 0 Å². The van der Waals surface area contributed by atoms with Crippen LogP contribution in [0, 0.1) is 0 Å². The highest BCUT2D eigenvalue weighted by Gasteiger charge is 2.42. The molecule has 7 nitrogen and oxygen atoms in total. The van der Waals surface area contributed by atoms with Crippen molar-refractivity contribution in [1.82, 2.24) is 4.90 Å². The molecule has 1 N–H and O–H groups in total. The number of rotatable bonds is 6. The predicted octanol–water partition coefficient (Wildman–Crippen LogP) is 3.37.